The Morgan fingerprint density at radius 2 is 1.94 bits per heavy atom. The molecule has 100 valence electrons. The van der Waals surface area contributed by atoms with Crippen molar-refractivity contribution in [1.82, 2.24) is 14.5 Å². The third-order valence-electron chi connectivity index (χ3n) is 2.66. The molecule has 0 spiro atoms. The van der Waals surface area contributed by atoms with Crippen LogP contribution in [0.4, 0.5) is 0 Å². The van der Waals surface area contributed by atoms with Gasteiger partial charge < -0.3 is 15.3 Å². The smallest absolute Gasteiger partial charge is 0.340 e. The number of aromatic amines is 1. The second-order valence-electron chi connectivity index (χ2n) is 3.87. The molecule has 18 heavy (non-hydrogen) atoms. The number of carboxylic acid groups (broad SMARTS) is 1. The Morgan fingerprint density at radius 3 is 2.44 bits per heavy atom. The SMILES string of the molecule is O=C(O)c1cn[nH]c1S(=O)(=O)N1C[C@@H](O)[C@@H](O)C1. The molecule has 2 heterocycles. The topological polar surface area (TPSA) is 144 Å². The van der Waals surface area contributed by atoms with Gasteiger partial charge in [0.05, 0.1) is 18.4 Å². The van der Waals surface area contributed by atoms with Crippen molar-refractivity contribution in [1.29, 1.82) is 0 Å². The Kier molecular flexibility index (Phi) is 3.11. The predicted octanol–water partition coefficient (Wildman–Crippen LogP) is -2.17. The van der Waals surface area contributed by atoms with Gasteiger partial charge in [-0.05, 0) is 0 Å². The van der Waals surface area contributed by atoms with Crippen LogP contribution < -0.4 is 0 Å². The number of β-amino-alcohol motifs (C(OH)–C–C–N with tert-alkyl or cyclic N) is 2. The summed E-state index contributed by atoms with van der Waals surface area (Å²) in [6.45, 7) is -0.580. The summed E-state index contributed by atoms with van der Waals surface area (Å²) in [6, 6.07) is 0. The van der Waals surface area contributed by atoms with Crippen LogP contribution in [0.3, 0.4) is 0 Å². The van der Waals surface area contributed by atoms with Crippen LogP contribution in [0.5, 0.6) is 0 Å². The molecule has 1 aromatic rings. The fraction of sp³-hybridized carbons (Fsp3) is 0.500. The zero-order valence-corrected chi connectivity index (χ0v) is 9.83. The van der Waals surface area contributed by atoms with E-state index in [9.17, 15) is 23.4 Å². The predicted molar refractivity (Wildman–Crippen MR) is 56.3 cm³/mol. The van der Waals surface area contributed by atoms with E-state index in [2.05, 4.69) is 10.2 Å². The average molecular weight is 277 g/mol. The van der Waals surface area contributed by atoms with Gasteiger partial charge in [-0.25, -0.2) is 13.2 Å². The van der Waals surface area contributed by atoms with Crippen molar-refractivity contribution >= 4 is 16.0 Å². The number of aromatic carboxylic acids is 1. The van der Waals surface area contributed by atoms with Gasteiger partial charge in [-0.3, -0.25) is 5.10 Å². The minimum absolute atomic E-state index is 0.290. The number of nitrogens with one attached hydrogen (secondary N) is 1. The van der Waals surface area contributed by atoms with Crippen molar-refractivity contribution in [3.63, 3.8) is 0 Å². The number of hydrogen-bond acceptors (Lipinski definition) is 6. The third-order valence-corrected chi connectivity index (χ3v) is 4.46. The molecule has 0 aromatic carbocycles. The molecule has 1 aliphatic rings. The zero-order chi connectivity index (χ0) is 13.5. The Balaban J connectivity index is 2.38. The fourth-order valence-corrected chi connectivity index (χ4v) is 3.23. The maximum Gasteiger partial charge on any atom is 0.340 e. The standard InChI is InChI=1S/C8H11N3O6S/c12-5-2-11(3-6(5)13)18(16,17)7-4(8(14)15)1-9-10-7/h1,5-6,12-13H,2-3H2,(H,9,10)(H,14,15)/t5-,6+. The summed E-state index contributed by atoms with van der Waals surface area (Å²) < 4.78 is 25.0. The summed E-state index contributed by atoms with van der Waals surface area (Å²) in [4.78, 5) is 10.8. The molecular formula is C8H11N3O6S. The number of aliphatic hydroxyl groups is 2. The number of sulfonamides is 1. The Labute approximate surface area is 102 Å². The molecule has 4 N–H and O–H groups in total. The first-order valence-electron chi connectivity index (χ1n) is 4.97. The first kappa shape index (κ1) is 13.0. The molecule has 0 saturated carbocycles. The normalized spacial score (nSPS) is 25.4. The van der Waals surface area contributed by atoms with E-state index >= 15 is 0 Å². The minimum Gasteiger partial charge on any atom is -0.478 e. The first-order valence-corrected chi connectivity index (χ1v) is 6.41. The van der Waals surface area contributed by atoms with Crippen molar-refractivity contribution in [3.8, 4) is 0 Å². The van der Waals surface area contributed by atoms with E-state index in [4.69, 9.17) is 5.11 Å². The number of rotatable bonds is 3. The number of aromatic nitrogens is 2. The lowest BCUT2D eigenvalue weighted by atomic mass is 10.3. The Bertz CT molecular complexity index is 557. The second-order valence-corrected chi connectivity index (χ2v) is 5.75. The number of carboxylic acids is 1. The van der Waals surface area contributed by atoms with Crippen molar-refractivity contribution in [2.75, 3.05) is 13.1 Å². The highest BCUT2D eigenvalue weighted by molar-refractivity contribution is 7.89. The lowest BCUT2D eigenvalue weighted by Crippen LogP contribution is -2.31. The molecule has 0 amide bonds. The number of H-pyrrole nitrogens is 1. The van der Waals surface area contributed by atoms with Gasteiger partial charge in [-0.1, -0.05) is 0 Å². The van der Waals surface area contributed by atoms with Gasteiger partial charge >= 0.3 is 5.97 Å². The summed E-state index contributed by atoms with van der Waals surface area (Å²) in [5.41, 5.74) is -0.481. The highest BCUT2D eigenvalue weighted by Gasteiger charge is 2.40. The summed E-state index contributed by atoms with van der Waals surface area (Å²) in [6.07, 6.45) is -1.48. The number of aliphatic hydroxyl groups excluding tert-OH is 2. The van der Waals surface area contributed by atoms with Crippen LogP contribution in [0, 0.1) is 0 Å². The number of nitrogens with zero attached hydrogens (tertiary/aromatic N) is 2. The molecule has 9 nitrogen and oxygen atoms in total. The summed E-state index contributed by atoms with van der Waals surface area (Å²) in [5, 5.41) is 32.4. The maximum absolute atomic E-state index is 12.1. The monoisotopic (exact) mass is 277 g/mol. The molecule has 1 saturated heterocycles. The van der Waals surface area contributed by atoms with Crippen molar-refractivity contribution in [2.24, 2.45) is 0 Å². The van der Waals surface area contributed by atoms with Crippen LogP contribution in [0.1, 0.15) is 10.4 Å². The van der Waals surface area contributed by atoms with E-state index in [1.807, 2.05) is 0 Å². The van der Waals surface area contributed by atoms with Crippen molar-refractivity contribution < 1.29 is 28.5 Å². The van der Waals surface area contributed by atoms with Crippen LogP contribution in [0.2, 0.25) is 0 Å². The van der Waals surface area contributed by atoms with Crippen molar-refractivity contribution in [2.45, 2.75) is 17.2 Å². The molecule has 1 aliphatic heterocycles. The van der Waals surface area contributed by atoms with Crippen LogP contribution >= 0.6 is 0 Å². The summed E-state index contributed by atoms with van der Waals surface area (Å²) >= 11 is 0. The van der Waals surface area contributed by atoms with E-state index in [1.54, 1.807) is 0 Å². The second kappa shape index (κ2) is 4.31. The lowest BCUT2D eigenvalue weighted by molar-refractivity contribution is 0.0572. The van der Waals surface area contributed by atoms with Gasteiger partial charge in [0.15, 0.2) is 5.03 Å². The Morgan fingerprint density at radius 1 is 1.39 bits per heavy atom. The molecule has 0 radical (unpaired) electrons. The quantitative estimate of drug-likeness (QED) is 0.492. The number of hydrogen-bond donors (Lipinski definition) is 4. The van der Waals surface area contributed by atoms with E-state index in [0.717, 1.165) is 10.5 Å². The van der Waals surface area contributed by atoms with Gasteiger partial charge in [0.1, 0.15) is 5.56 Å². The van der Waals surface area contributed by atoms with E-state index in [0.29, 0.717) is 0 Å². The first-order chi connectivity index (χ1) is 8.34. The highest BCUT2D eigenvalue weighted by atomic mass is 32.2. The van der Waals surface area contributed by atoms with Crippen LogP contribution in [-0.2, 0) is 10.0 Å². The highest BCUT2D eigenvalue weighted by Crippen LogP contribution is 2.22. The molecule has 10 heteroatoms. The van der Waals surface area contributed by atoms with Gasteiger partial charge in [0.2, 0.25) is 0 Å². The fourth-order valence-electron chi connectivity index (χ4n) is 1.68. The van der Waals surface area contributed by atoms with Gasteiger partial charge in [0.25, 0.3) is 10.0 Å². The Hall–Kier alpha value is -1.49. The van der Waals surface area contributed by atoms with Crippen LogP contribution in [0.25, 0.3) is 0 Å². The minimum atomic E-state index is -4.12. The molecule has 1 aromatic heterocycles. The molecule has 0 bridgehead atoms. The van der Waals surface area contributed by atoms with Crippen molar-refractivity contribution in [3.05, 3.63) is 11.8 Å². The molecule has 0 aliphatic carbocycles. The molecule has 2 atom stereocenters. The zero-order valence-electron chi connectivity index (χ0n) is 9.02. The molecular weight excluding hydrogens is 266 g/mol. The number of carbonyl (C=O) groups is 1. The van der Waals surface area contributed by atoms with E-state index < -0.39 is 38.8 Å². The molecule has 2 rings (SSSR count). The third kappa shape index (κ3) is 1.99. The summed E-state index contributed by atoms with van der Waals surface area (Å²) in [7, 11) is -4.12. The molecule has 0 unspecified atom stereocenters. The summed E-state index contributed by atoms with van der Waals surface area (Å²) in [5.74, 6) is -1.43. The van der Waals surface area contributed by atoms with Crippen LogP contribution in [0.15, 0.2) is 11.2 Å². The lowest BCUT2D eigenvalue weighted by Gasteiger charge is -2.14. The largest absolute Gasteiger partial charge is 0.478 e. The van der Waals surface area contributed by atoms with Crippen LogP contribution in [-0.4, -0.2) is 69.5 Å². The maximum atomic E-state index is 12.1. The van der Waals surface area contributed by atoms with E-state index in [-0.39, 0.29) is 13.1 Å². The average Bonchev–Trinajstić information content (AvgIpc) is 2.87. The molecule has 1 fully saturated rings. The van der Waals surface area contributed by atoms with Gasteiger partial charge in [-0.15, -0.1) is 0 Å². The van der Waals surface area contributed by atoms with E-state index in [1.165, 1.54) is 0 Å². The van der Waals surface area contributed by atoms with Gasteiger partial charge in [0, 0.05) is 13.1 Å². The van der Waals surface area contributed by atoms with Gasteiger partial charge in [-0.2, -0.15) is 9.40 Å².